The molecule has 0 radical (unpaired) electrons. The Morgan fingerprint density at radius 3 is 2.39 bits per heavy atom. The maximum atomic E-state index is 13.1. The molecule has 0 aliphatic carbocycles. The van der Waals surface area contributed by atoms with Gasteiger partial charge in [0, 0.05) is 24.3 Å². The Balaban J connectivity index is 1.66. The largest absolute Gasteiger partial charge is 0.323 e. The first kappa shape index (κ1) is 20.3. The molecule has 1 aliphatic rings. The normalized spacial score (nSPS) is 15.9. The van der Waals surface area contributed by atoms with E-state index in [2.05, 4.69) is 10.3 Å². The van der Waals surface area contributed by atoms with Gasteiger partial charge >= 0.3 is 0 Å². The number of hydrogen-bond acceptors (Lipinski definition) is 3. The molecule has 5 nitrogen and oxygen atoms in total. The van der Waals surface area contributed by atoms with Crippen LogP contribution in [-0.2, 0) is 9.59 Å². The summed E-state index contributed by atoms with van der Waals surface area (Å²) < 4.78 is 0. The van der Waals surface area contributed by atoms with Crippen LogP contribution in [0.5, 0.6) is 0 Å². The van der Waals surface area contributed by atoms with Crippen molar-refractivity contribution in [2.24, 2.45) is 4.99 Å². The van der Waals surface area contributed by atoms with E-state index in [1.807, 2.05) is 85.8 Å². The van der Waals surface area contributed by atoms with Crippen molar-refractivity contribution in [1.82, 2.24) is 5.32 Å². The van der Waals surface area contributed by atoms with E-state index in [-0.39, 0.29) is 11.8 Å². The van der Waals surface area contributed by atoms with E-state index in [1.165, 1.54) is 6.08 Å². The van der Waals surface area contributed by atoms with Crippen LogP contribution in [0.1, 0.15) is 22.3 Å². The summed E-state index contributed by atoms with van der Waals surface area (Å²) in [4.78, 5) is 31.9. The summed E-state index contributed by atoms with van der Waals surface area (Å²) in [6, 6.07) is 25.1. The van der Waals surface area contributed by atoms with Gasteiger partial charge in [0.25, 0.3) is 5.91 Å². The summed E-state index contributed by atoms with van der Waals surface area (Å²) in [5, 5.41) is 2.75. The first-order valence-electron chi connectivity index (χ1n) is 10.1. The zero-order valence-electron chi connectivity index (χ0n) is 17.4. The maximum Gasteiger partial charge on any atom is 0.272 e. The highest BCUT2D eigenvalue weighted by molar-refractivity contribution is 6.20. The van der Waals surface area contributed by atoms with Gasteiger partial charge in [0.1, 0.15) is 0 Å². The van der Waals surface area contributed by atoms with Crippen LogP contribution in [0.2, 0.25) is 0 Å². The van der Waals surface area contributed by atoms with Gasteiger partial charge in [-0.05, 0) is 24.6 Å². The zero-order valence-corrected chi connectivity index (χ0v) is 17.4. The molecule has 0 spiro atoms. The third-order valence-electron chi connectivity index (χ3n) is 5.17. The average Bonchev–Trinajstić information content (AvgIpc) is 2.90. The number of aryl methyl sites for hydroxylation is 1. The standard InChI is InChI=1S/C26H23N3O2/c1-18-12-14-19(15-13-18)16-17-23(30)27-25-26(31)29(2)22-11-7-6-10-21(22)24(28-25)20-8-4-3-5-9-20/h3-17,25H,1-2H3,(H,27,30)/t25-/m1/s1. The highest BCUT2D eigenvalue weighted by Crippen LogP contribution is 2.27. The van der Waals surface area contributed by atoms with Gasteiger partial charge < -0.3 is 10.2 Å². The van der Waals surface area contributed by atoms with Crippen molar-refractivity contribution in [2.45, 2.75) is 13.1 Å². The minimum absolute atomic E-state index is 0.296. The highest BCUT2D eigenvalue weighted by Gasteiger charge is 2.30. The van der Waals surface area contributed by atoms with E-state index < -0.39 is 6.17 Å². The Morgan fingerprint density at radius 1 is 0.968 bits per heavy atom. The number of hydrogen-bond donors (Lipinski definition) is 1. The fraction of sp³-hybridized carbons (Fsp3) is 0.115. The van der Waals surface area contributed by atoms with Gasteiger partial charge in [-0.2, -0.15) is 0 Å². The minimum atomic E-state index is -1.03. The molecule has 1 atom stereocenters. The number of likely N-dealkylation sites (N-methyl/N-ethyl adjacent to an activating group) is 1. The molecule has 154 valence electrons. The molecule has 0 saturated carbocycles. The SMILES string of the molecule is Cc1ccc(C=CC(=O)N[C@@H]2N=C(c3ccccc3)c3ccccc3N(C)C2=O)cc1. The fourth-order valence-electron chi connectivity index (χ4n) is 3.47. The molecule has 0 bridgehead atoms. The molecule has 0 saturated heterocycles. The molecule has 1 heterocycles. The molecule has 5 heteroatoms. The van der Waals surface area contributed by atoms with Gasteiger partial charge in [0.15, 0.2) is 0 Å². The lowest BCUT2D eigenvalue weighted by Crippen LogP contribution is -2.45. The Bertz CT molecular complexity index is 1160. The number of para-hydroxylation sites is 1. The summed E-state index contributed by atoms with van der Waals surface area (Å²) in [6.07, 6.45) is 2.12. The predicted octanol–water partition coefficient (Wildman–Crippen LogP) is 3.96. The lowest BCUT2D eigenvalue weighted by atomic mass is 10.0. The van der Waals surface area contributed by atoms with E-state index in [0.29, 0.717) is 5.71 Å². The molecule has 0 fully saturated rings. The molecule has 31 heavy (non-hydrogen) atoms. The summed E-state index contributed by atoms with van der Waals surface area (Å²) in [7, 11) is 1.70. The van der Waals surface area contributed by atoms with Crippen LogP contribution in [0.25, 0.3) is 6.08 Å². The number of fused-ring (bicyclic) bond motifs is 1. The summed E-state index contributed by atoms with van der Waals surface area (Å²) in [6.45, 7) is 2.01. The third-order valence-corrected chi connectivity index (χ3v) is 5.17. The van der Waals surface area contributed by atoms with E-state index >= 15 is 0 Å². The Labute approximate surface area is 181 Å². The summed E-state index contributed by atoms with van der Waals surface area (Å²) >= 11 is 0. The van der Waals surface area contributed by atoms with Crippen LogP contribution in [0, 0.1) is 6.92 Å². The third kappa shape index (κ3) is 4.46. The van der Waals surface area contributed by atoms with Gasteiger partial charge in [-0.1, -0.05) is 78.4 Å². The molecule has 4 rings (SSSR count). The summed E-state index contributed by atoms with van der Waals surface area (Å²) in [5.74, 6) is -0.676. The van der Waals surface area contributed by atoms with E-state index in [0.717, 1.165) is 27.9 Å². The average molecular weight is 409 g/mol. The van der Waals surface area contributed by atoms with Crippen molar-refractivity contribution < 1.29 is 9.59 Å². The van der Waals surface area contributed by atoms with Gasteiger partial charge in [0.05, 0.1) is 11.4 Å². The molecule has 0 unspecified atom stereocenters. The van der Waals surface area contributed by atoms with Crippen LogP contribution in [0.4, 0.5) is 5.69 Å². The van der Waals surface area contributed by atoms with Crippen LogP contribution >= 0.6 is 0 Å². The molecule has 1 aliphatic heterocycles. The number of anilines is 1. The zero-order chi connectivity index (χ0) is 21.8. The first-order chi connectivity index (χ1) is 15.0. The first-order valence-corrected chi connectivity index (χ1v) is 10.1. The van der Waals surface area contributed by atoms with Crippen molar-refractivity contribution in [3.8, 4) is 0 Å². The van der Waals surface area contributed by atoms with Gasteiger partial charge in [-0.3, -0.25) is 9.59 Å². The molecule has 3 aromatic carbocycles. The van der Waals surface area contributed by atoms with Gasteiger partial charge in [-0.25, -0.2) is 4.99 Å². The van der Waals surface area contributed by atoms with E-state index in [4.69, 9.17) is 0 Å². The van der Waals surface area contributed by atoms with Crippen LogP contribution in [0.3, 0.4) is 0 Å². The molecular formula is C26H23N3O2. The fourth-order valence-corrected chi connectivity index (χ4v) is 3.47. The van der Waals surface area contributed by atoms with E-state index in [9.17, 15) is 9.59 Å². The molecular weight excluding hydrogens is 386 g/mol. The van der Waals surface area contributed by atoms with Crippen molar-refractivity contribution in [3.05, 3.63) is 107 Å². The minimum Gasteiger partial charge on any atom is -0.323 e. The van der Waals surface area contributed by atoms with Crippen LogP contribution in [0.15, 0.2) is 89.9 Å². The number of nitrogens with zero attached hydrogens (tertiary/aromatic N) is 2. The van der Waals surface area contributed by atoms with Gasteiger partial charge in [-0.15, -0.1) is 0 Å². The van der Waals surface area contributed by atoms with Crippen molar-refractivity contribution >= 4 is 29.3 Å². The highest BCUT2D eigenvalue weighted by atomic mass is 16.2. The topological polar surface area (TPSA) is 61.8 Å². The lowest BCUT2D eigenvalue weighted by Gasteiger charge is -2.20. The number of carbonyl (C=O) groups is 2. The monoisotopic (exact) mass is 409 g/mol. The second-order valence-corrected chi connectivity index (χ2v) is 7.41. The maximum absolute atomic E-state index is 13.1. The Hall–Kier alpha value is -3.99. The second-order valence-electron chi connectivity index (χ2n) is 7.41. The quantitative estimate of drug-likeness (QED) is 0.663. The van der Waals surface area contributed by atoms with Crippen molar-refractivity contribution in [3.63, 3.8) is 0 Å². The van der Waals surface area contributed by atoms with Gasteiger partial charge in [0.2, 0.25) is 12.1 Å². The predicted molar refractivity (Wildman–Crippen MR) is 124 cm³/mol. The van der Waals surface area contributed by atoms with Crippen LogP contribution < -0.4 is 10.2 Å². The summed E-state index contributed by atoms with van der Waals surface area (Å²) in [5.41, 5.74) is 5.20. The smallest absolute Gasteiger partial charge is 0.272 e. The van der Waals surface area contributed by atoms with Crippen molar-refractivity contribution in [1.29, 1.82) is 0 Å². The van der Waals surface area contributed by atoms with E-state index in [1.54, 1.807) is 18.0 Å². The molecule has 0 aromatic heterocycles. The number of carbonyl (C=O) groups excluding carboxylic acids is 2. The number of benzene rings is 3. The molecule has 2 amide bonds. The number of aliphatic imine (C=N–C) groups is 1. The number of benzodiazepines with no additional fused rings is 1. The lowest BCUT2D eigenvalue weighted by molar-refractivity contribution is -0.124. The van der Waals surface area contributed by atoms with Crippen LogP contribution in [-0.4, -0.2) is 30.7 Å². The molecule has 3 aromatic rings. The Morgan fingerprint density at radius 2 is 1.65 bits per heavy atom. The second kappa shape index (κ2) is 8.79. The number of rotatable bonds is 4. The Kier molecular flexibility index (Phi) is 5.76. The van der Waals surface area contributed by atoms with Crippen molar-refractivity contribution in [2.75, 3.05) is 11.9 Å². The molecule has 1 N–H and O–H groups in total. The number of nitrogens with one attached hydrogen (secondary N) is 1. The number of amides is 2.